The molecule has 0 aliphatic rings. The summed E-state index contributed by atoms with van der Waals surface area (Å²) in [5.74, 6) is 0.337. The van der Waals surface area contributed by atoms with Crippen molar-refractivity contribution in [1.29, 1.82) is 0 Å². The molecule has 1 aromatic rings. The fourth-order valence-electron chi connectivity index (χ4n) is 0.803. The van der Waals surface area contributed by atoms with Crippen molar-refractivity contribution in [1.82, 2.24) is 0 Å². The molecule has 0 aliphatic carbocycles. The van der Waals surface area contributed by atoms with Crippen LogP contribution in [-0.4, -0.2) is 12.5 Å². The van der Waals surface area contributed by atoms with Gasteiger partial charge in [0.15, 0.2) is 0 Å². The highest BCUT2D eigenvalue weighted by Gasteiger charge is 1.97. The number of hydrogen-bond acceptors (Lipinski definition) is 3. The summed E-state index contributed by atoms with van der Waals surface area (Å²) >= 11 is 0. The topological polar surface area (TPSA) is 81.4 Å². The summed E-state index contributed by atoms with van der Waals surface area (Å²) in [6.45, 7) is 0. The zero-order chi connectivity index (χ0) is 9.68. The van der Waals surface area contributed by atoms with Gasteiger partial charge in [0, 0.05) is 5.69 Å². The molecule has 3 N–H and O–H groups in total. The van der Waals surface area contributed by atoms with Gasteiger partial charge in [0.1, 0.15) is 5.75 Å². The Hall–Kier alpha value is -2.04. The number of rotatable bonds is 3. The number of hydrogen-bond donors (Lipinski definition) is 2. The summed E-state index contributed by atoms with van der Waals surface area (Å²) < 4.78 is 4.57. The minimum atomic E-state index is -0.865. The molecule has 0 saturated carbocycles. The van der Waals surface area contributed by atoms with E-state index < -0.39 is 6.09 Å². The van der Waals surface area contributed by atoms with Gasteiger partial charge in [-0.25, -0.2) is 4.79 Å². The van der Waals surface area contributed by atoms with Gasteiger partial charge in [-0.15, -0.1) is 0 Å². The Kier molecular flexibility index (Phi) is 2.86. The molecule has 0 aliphatic heterocycles. The molecular weight excluding hydrogens is 172 g/mol. The molecule has 13 heavy (non-hydrogen) atoms. The Balaban J connectivity index is 2.69. The van der Waals surface area contributed by atoms with E-state index in [1.807, 2.05) is 0 Å². The smallest absolute Gasteiger partial charge is 0.409 e. The monoisotopic (exact) mass is 180 g/mol. The van der Waals surface area contributed by atoms with Gasteiger partial charge in [0.05, 0.1) is 0 Å². The van der Waals surface area contributed by atoms with Crippen LogP contribution >= 0.6 is 0 Å². The van der Waals surface area contributed by atoms with E-state index in [0.717, 1.165) is 0 Å². The number of ether oxygens (including phenoxy) is 1. The van der Waals surface area contributed by atoms with Crippen molar-refractivity contribution in [2.24, 2.45) is 5.73 Å². The summed E-state index contributed by atoms with van der Waals surface area (Å²) in [6.07, 6.45) is -0.305. The molecule has 0 radical (unpaired) electrons. The lowest BCUT2D eigenvalue weighted by Gasteiger charge is -2.01. The second kappa shape index (κ2) is 4.10. The Morgan fingerprint density at radius 2 is 2.00 bits per heavy atom. The van der Waals surface area contributed by atoms with Crippen LogP contribution in [-0.2, 0) is 4.79 Å². The Labute approximate surface area is 74.5 Å². The van der Waals surface area contributed by atoms with Gasteiger partial charge in [-0.1, -0.05) is 0 Å². The molecule has 2 amide bonds. The first-order valence-corrected chi connectivity index (χ1v) is 3.50. The molecule has 1 rings (SSSR count). The van der Waals surface area contributed by atoms with E-state index in [0.29, 0.717) is 17.8 Å². The van der Waals surface area contributed by atoms with E-state index in [1.165, 1.54) is 12.1 Å². The second-order valence-corrected chi connectivity index (χ2v) is 2.21. The van der Waals surface area contributed by atoms with Crippen LogP contribution in [0.4, 0.5) is 10.5 Å². The Morgan fingerprint density at radius 1 is 1.38 bits per heavy atom. The molecule has 0 bridgehead atoms. The first kappa shape index (κ1) is 9.05. The predicted octanol–water partition coefficient (Wildman–Crippen LogP) is 0.712. The van der Waals surface area contributed by atoms with Crippen molar-refractivity contribution in [3.05, 3.63) is 24.3 Å². The maximum Gasteiger partial charge on any atom is 0.409 e. The van der Waals surface area contributed by atoms with Crippen LogP contribution in [0.25, 0.3) is 0 Å². The number of anilines is 1. The number of nitrogens with two attached hydrogens (primary N) is 1. The van der Waals surface area contributed by atoms with E-state index in [1.54, 1.807) is 12.1 Å². The highest BCUT2D eigenvalue weighted by atomic mass is 16.5. The highest BCUT2D eigenvalue weighted by molar-refractivity contribution is 5.72. The van der Waals surface area contributed by atoms with Crippen molar-refractivity contribution < 1.29 is 14.3 Å². The van der Waals surface area contributed by atoms with Gasteiger partial charge in [0.25, 0.3) is 0 Å². The normalized spacial score (nSPS) is 8.92. The lowest BCUT2D eigenvalue weighted by atomic mass is 10.3. The van der Waals surface area contributed by atoms with Crippen molar-refractivity contribution in [3.8, 4) is 5.75 Å². The lowest BCUT2D eigenvalue weighted by Crippen LogP contribution is -2.16. The Morgan fingerprint density at radius 3 is 2.46 bits per heavy atom. The van der Waals surface area contributed by atoms with Gasteiger partial charge in [0.2, 0.25) is 6.41 Å². The number of nitrogens with one attached hydrogen (secondary N) is 1. The third-order valence-corrected chi connectivity index (χ3v) is 1.30. The summed E-state index contributed by atoms with van der Waals surface area (Å²) in [5.41, 5.74) is 5.41. The lowest BCUT2D eigenvalue weighted by molar-refractivity contribution is -0.105. The number of carbonyl (C=O) groups is 2. The molecule has 0 atom stereocenters. The predicted molar refractivity (Wildman–Crippen MR) is 46.3 cm³/mol. The molecular formula is C8H8N2O3. The summed E-state index contributed by atoms with van der Waals surface area (Å²) in [6, 6.07) is 6.23. The van der Waals surface area contributed by atoms with E-state index in [2.05, 4.69) is 10.1 Å². The molecule has 1 aromatic carbocycles. The molecule has 0 fully saturated rings. The Bertz CT molecular complexity index is 308. The molecule has 0 aromatic heterocycles. The van der Waals surface area contributed by atoms with Crippen LogP contribution in [0.2, 0.25) is 0 Å². The summed E-state index contributed by atoms with van der Waals surface area (Å²) in [7, 11) is 0. The van der Waals surface area contributed by atoms with Crippen molar-refractivity contribution in [2.75, 3.05) is 5.32 Å². The van der Waals surface area contributed by atoms with Crippen molar-refractivity contribution in [2.45, 2.75) is 0 Å². The van der Waals surface area contributed by atoms with Crippen molar-refractivity contribution >= 4 is 18.2 Å². The first-order chi connectivity index (χ1) is 6.22. The maximum absolute atomic E-state index is 10.3. The van der Waals surface area contributed by atoms with Crippen LogP contribution in [0.15, 0.2) is 24.3 Å². The standard InChI is InChI=1S/C8H8N2O3/c9-8(12)13-7-3-1-6(2-4-7)10-5-11/h1-5H,(H2,9,12)(H,10,11). The quantitative estimate of drug-likeness (QED) is 0.672. The van der Waals surface area contributed by atoms with E-state index in [-0.39, 0.29) is 0 Å². The summed E-state index contributed by atoms with van der Waals surface area (Å²) in [4.78, 5) is 20.3. The molecule has 0 saturated heterocycles. The van der Waals surface area contributed by atoms with E-state index >= 15 is 0 Å². The van der Waals surface area contributed by atoms with Crippen LogP contribution < -0.4 is 15.8 Å². The van der Waals surface area contributed by atoms with Gasteiger partial charge in [-0.2, -0.15) is 0 Å². The number of amides is 2. The van der Waals surface area contributed by atoms with Gasteiger partial charge in [-0.05, 0) is 24.3 Å². The third kappa shape index (κ3) is 2.82. The molecule has 0 spiro atoms. The minimum absolute atomic E-state index is 0.337. The van der Waals surface area contributed by atoms with Crippen LogP contribution in [0, 0.1) is 0 Å². The van der Waals surface area contributed by atoms with Crippen LogP contribution in [0.1, 0.15) is 0 Å². The number of primary amides is 1. The SMILES string of the molecule is NC(=O)Oc1ccc(NC=O)cc1. The van der Waals surface area contributed by atoms with Crippen molar-refractivity contribution in [3.63, 3.8) is 0 Å². The average molecular weight is 180 g/mol. The number of carbonyl (C=O) groups excluding carboxylic acids is 2. The fourth-order valence-corrected chi connectivity index (χ4v) is 0.803. The minimum Gasteiger partial charge on any atom is -0.411 e. The zero-order valence-electron chi connectivity index (χ0n) is 6.69. The van der Waals surface area contributed by atoms with Gasteiger partial charge in [-0.3, -0.25) is 4.79 Å². The summed E-state index contributed by atoms with van der Waals surface area (Å²) in [5, 5.41) is 2.44. The van der Waals surface area contributed by atoms with E-state index in [9.17, 15) is 9.59 Å². The first-order valence-electron chi connectivity index (χ1n) is 3.50. The largest absolute Gasteiger partial charge is 0.411 e. The van der Waals surface area contributed by atoms with Gasteiger partial charge >= 0.3 is 6.09 Å². The van der Waals surface area contributed by atoms with Gasteiger partial charge < -0.3 is 15.8 Å². The molecule has 5 nitrogen and oxygen atoms in total. The molecule has 68 valence electrons. The average Bonchev–Trinajstić information content (AvgIpc) is 2.08. The number of benzene rings is 1. The third-order valence-electron chi connectivity index (χ3n) is 1.30. The molecule has 0 heterocycles. The van der Waals surface area contributed by atoms with E-state index in [4.69, 9.17) is 5.73 Å². The molecule has 5 heteroatoms. The maximum atomic E-state index is 10.3. The highest BCUT2D eigenvalue weighted by Crippen LogP contribution is 2.14. The second-order valence-electron chi connectivity index (χ2n) is 2.21. The van der Waals surface area contributed by atoms with Crippen LogP contribution in [0.3, 0.4) is 0 Å². The molecule has 0 unspecified atom stereocenters. The fraction of sp³-hybridized carbons (Fsp3) is 0. The van der Waals surface area contributed by atoms with Crippen LogP contribution in [0.5, 0.6) is 5.75 Å². The zero-order valence-corrected chi connectivity index (χ0v) is 6.69.